The van der Waals surface area contributed by atoms with Crippen LogP contribution in [0.2, 0.25) is 0 Å². The van der Waals surface area contributed by atoms with Crippen molar-refractivity contribution in [2.45, 2.75) is 11.2 Å². The van der Waals surface area contributed by atoms with Crippen molar-refractivity contribution in [2.24, 2.45) is 5.92 Å². The minimum atomic E-state index is -2.84. The van der Waals surface area contributed by atoms with Crippen molar-refractivity contribution in [3.05, 3.63) is 28.2 Å². The van der Waals surface area contributed by atoms with Gasteiger partial charge in [0.2, 0.25) is 0 Å². The molecule has 1 fully saturated rings. The minimum Gasteiger partial charge on any atom is -0.497 e. The molecule has 0 saturated carbocycles. The van der Waals surface area contributed by atoms with Gasteiger partial charge >= 0.3 is 0 Å². The van der Waals surface area contributed by atoms with Crippen LogP contribution < -0.4 is 4.74 Å². The monoisotopic (exact) mass is 396 g/mol. The normalized spacial score (nSPS) is 23.8. The third kappa shape index (κ3) is 3.08. The third-order valence-corrected chi connectivity index (χ3v) is 6.91. The van der Waals surface area contributed by atoms with Crippen LogP contribution in [0.5, 0.6) is 5.75 Å². The zero-order chi connectivity index (χ0) is 13.3. The van der Waals surface area contributed by atoms with Crippen molar-refractivity contribution in [1.29, 1.82) is 0 Å². The molecule has 0 radical (unpaired) electrons. The number of hydrogen-bond donors (Lipinski definition) is 0. The second-order valence-corrected chi connectivity index (χ2v) is 8.52. The Morgan fingerprint density at radius 2 is 2.17 bits per heavy atom. The summed E-state index contributed by atoms with van der Waals surface area (Å²) in [7, 11) is -1.22. The first-order valence-corrected chi connectivity index (χ1v) is 9.14. The maximum Gasteiger partial charge on any atom is 0.150 e. The van der Waals surface area contributed by atoms with E-state index in [1.54, 1.807) is 7.11 Å². The molecule has 0 aromatic heterocycles. The van der Waals surface area contributed by atoms with Gasteiger partial charge in [0.15, 0.2) is 9.84 Å². The molecule has 0 amide bonds. The van der Waals surface area contributed by atoms with Gasteiger partial charge in [0.05, 0.1) is 18.6 Å². The Morgan fingerprint density at radius 1 is 1.44 bits per heavy atom. The third-order valence-electron chi connectivity index (χ3n) is 3.19. The van der Waals surface area contributed by atoms with E-state index in [4.69, 9.17) is 4.74 Å². The fourth-order valence-electron chi connectivity index (χ4n) is 2.17. The standard InChI is InChI=1S/C12H14Br2O3S/c1-17-9-2-3-10(11(13)6-9)12(14)8-4-5-18(15,16)7-8/h2-3,6,8,12H,4-5,7H2,1H3. The van der Waals surface area contributed by atoms with Gasteiger partial charge in [0, 0.05) is 9.30 Å². The minimum absolute atomic E-state index is 0.0510. The molecule has 1 aromatic carbocycles. The van der Waals surface area contributed by atoms with Crippen molar-refractivity contribution in [3.8, 4) is 5.75 Å². The van der Waals surface area contributed by atoms with E-state index in [2.05, 4.69) is 31.9 Å². The van der Waals surface area contributed by atoms with Crippen LogP contribution in [0.15, 0.2) is 22.7 Å². The Bertz CT molecular complexity index is 542. The number of hydrogen-bond acceptors (Lipinski definition) is 3. The van der Waals surface area contributed by atoms with Crippen molar-refractivity contribution < 1.29 is 13.2 Å². The molecule has 1 heterocycles. The molecule has 1 aromatic rings. The molecule has 100 valence electrons. The molecule has 1 saturated heterocycles. The fourth-order valence-corrected chi connectivity index (χ4v) is 6.02. The van der Waals surface area contributed by atoms with E-state index in [0.717, 1.165) is 22.2 Å². The number of alkyl halides is 1. The predicted molar refractivity (Wildman–Crippen MR) is 79.1 cm³/mol. The summed E-state index contributed by atoms with van der Waals surface area (Å²) in [6.07, 6.45) is 0.719. The first-order valence-electron chi connectivity index (χ1n) is 5.61. The molecule has 6 heteroatoms. The zero-order valence-corrected chi connectivity index (χ0v) is 13.9. The summed E-state index contributed by atoms with van der Waals surface area (Å²) in [5.74, 6) is 1.48. The van der Waals surface area contributed by atoms with Crippen LogP contribution >= 0.6 is 31.9 Å². The van der Waals surface area contributed by atoms with Gasteiger partial charge in [-0.15, -0.1) is 0 Å². The summed E-state index contributed by atoms with van der Waals surface area (Å²) in [6.45, 7) is 0. The van der Waals surface area contributed by atoms with E-state index in [9.17, 15) is 8.42 Å². The maximum absolute atomic E-state index is 11.5. The van der Waals surface area contributed by atoms with Crippen molar-refractivity contribution in [1.82, 2.24) is 0 Å². The SMILES string of the molecule is COc1ccc(C(Br)C2CCS(=O)(=O)C2)c(Br)c1. The molecule has 0 bridgehead atoms. The second kappa shape index (κ2) is 5.51. The van der Waals surface area contributed by atoms with Crippen LogP contribution in [0.4, 0.5) is 0 Å². The zero-order valence-electron chi connectivity index (χ0n) is 9.90. The van der Waals surface area contributed by atoms with Crippen LogP contribution in [0, 0.1) is 5.92 Å². The Kier molecular flexibility index (Phi) is 4.39. The van der Waals surface area contributed by atoms with Gasteiger partial charge in [-0.3, -0.25) is 0 Å². The molecule has 2 rings (SSSR count). The highest BCUT2D eigenvalue weighted by atomic mass is 79.9. The first kappa shape index (κ1) is 14.3. The van der Waals surface area contributed by atoms with Crippen molar-refractivity contribution in [2.75, 3.05) is 18.6 Å². The smallest absolute Gasteiger partial charge is 0.150 e. The fraction of sp³-hybridized carbons (Fsp3) is 0.500. The molecule has 3 nitrogen and oxygen atoms in total. The maximum atomic E-state index is 11.5. The second-order valence-electron chi connectivity index (χ2n) is 4.45. The highest BCUT2D eigenvalue weighted by Gasteiger charge is 2.33. The lowest BCUT2D eigenvalue weighted by Gasteiger charge is -2.18. The van der Waals surface area contributed by atoms with E-state index in [0.29, 0.717) is 5.75 Å². The summed E-state index contributed by atoms with van der Waals surface area (Å²) in [6, 6.07) is 5.75. The molecule has 18 heavy (non-hydrogen) atoms. The number of rotatable bonds is 3. The molecule has 0 spiro atoms. The van der Waals surface area contributed by atoms with Crippen molar-refractivity contribution >= 4 is 41.7 Å². The average Bonchev–Trinajstić information content (AvgIpc) is 2.68. The van der Waals surface area contributed by atoms with E-state index in [1.165, 1.54) is 0 Å². The molecule has 1 aliphatic rings. The first-order chi connectivity index (χ1) is 8.43. The topological polar surface area (TPSA) is 43.4 Å². The molecule has 2 atom stereocenters. The van der Waals surface area contributed by atoms with Crippen LogP contribution in [-0.2, 0) is 9.84 Å². The average molecular weight is 398 g/mol. The van der Waals surface area contributed by atoms with Gasteiger partial charge in [-0.2, -0.15) is 0 Å². The predicted octanol–water partition coefficient (Wildman–Crippen LogP) is 3.33. The summed E-state index contributed by atoms with van der Waals surface area (Å²) >= 11 is 7.13. The lowest BCUT2D eigenvalue weighted by atomic mass is 9.99. The van der Waals surface area contributed by atoms with E-state index in [-0.39, 0.29) is 16.5 Å². The Labute approximate surface area is 124 Å². The van der Waals surface area contributed by atoms with Crippen LogP contribution in [0.25, 0.3) is 0 Å². The lowest BCUT2D eigenvalue weighted by molar-refractivity contribution is 0.414. The van der Waals surface area contributed by atoms with Gasteiger partial charge in [0.25, 0.3) is 0 Å². The molecule has 0 N–H and O–H groups in total. The molecule has 0 aliphatic carbocycles. The molecular weight excluding hydrogens is 384 g/mol. The van der Waals surface area contributed by atoms with Crippen molar-refractivity contribution in [3.63, 3.8) is 0 Å². The van der Waals surface area contributed by atoms with E-state index in [1.807, 2.05) is 18.2 Å². The summed E-state index contributed by atoms with van der Waals surface area (Å²) < 4.78 is 29.1. The molecule has 1 aliphatic heterocycles. The van der Waals surface area contributed by atoms with Gasteiger partial charge in [-0.1, -0.05) is 37.9 Å². The van der Waals surface area contributed by atoms with Crippen LogP contribution in [0.1, 0.15) is 16.8 Å². The summed E-state index contributed by atoms with van der Waals surface area (Å²) in [4.78, 5) is 0.0510. The van der Waals surface area contributed by atoms with Gasteiger partial charge < -0.3 is 4.74 Å². The molecule has 2 unspecified atom stereocenters. The van der Waals surface area contributed by atoms with Gasteiger partial charge in [-0.25, -0.2) is 8.42 Å². The number of halogens is 2. The van der Waals surface area contributed by atoms with Crippen LogP contribution in [-0.4, -0.2) is 27.0 Å². The Morgan fingerprint density at radius 3 is 2.67 bits per heavy atom. The lowest BCUT2D eigenvalue weighted by Crippen LogP contribution is -2.10. The quantitative estimate of drug-likeness (QED) is 0.734. The number of methoxy groups -OCH3 is 1. The summed E-state index contributed by atoms with van der Waals surface area (Å²) in [5.41, 5.74) is 1.07. The Balaban J connectivity index is 2.21. The van der Waals surface area contributed by atoms with E-state index < -0.39 is 9.84 Å². The highest BCUT2D eigenvalue weighted by Crippen LogP contribution is 2.41. The van der Waals surface area contributed by atoms with E-state index >= 15 is 0 Å². The van der Waals surface area contributed by atoms with Gasteiger partial charge in [-0.05, 0) is 30.0 Å². The number of benzene rings is 1. The summed E-state index contributed by atoms with van der Waals surface area (Å²) in [5, 5.41) is 0. The van der Waals surface area contributed by atoms with Gasteiger partial charge in [0.1, 0.15) is 5.75 Å². The van der Waals surface area contributed by atoms with Crippen LogP contribution in [0.3, 0.4) is 0 Å². The number of ether oxygens (including phenoxy) is 1. The Hall–Kier alpha value is -0.0700. The molecular formula is C12H14Br2O3S. The highest BCUT2D eigenvalue weighted by molar-refractivity contribution is 9.11. The number of sulfone groups is 1. The largest absolute Gasteiger partial charge is 0.497 e.